The van der Waals surface area contributed by atoms with Crippen LogP contribution in [0, 0.1) is 0 Å². The number of carbonyl (C=O) groups excluding carboxylic acids is 1. The van der Waals surface area contributed by atoms with Crippen LogP contribution in [0.5, 0.6) is 5.75 Å². The average molecular weight is 381 g/mol. The second kappa shape index (κ2) is 7.11. The minimum Gasteiger partial charge on any atom is -0.494 e. The molecular weight excluding hydrogens is 366 g/mol. The second-order valence-corrected chi connectivity index (χ2v) is 5.43. The zero-order valence-electron chi connectivity index (χ0n) is 10.4. The first-order chi connectivity index (χ1) is 8.49. The van der Waals surface area contributed by atoms with Crippen LogP contribution in [0.15, 0.2) is 21.1 Å². The highest BCUT2D eigenvalue weighted by Crippen LogP contribution is 2.34. The van der Waals surface area contributed by atoms with Gasteiger partial charge in [-0.25, -0.2) is 0 Å². The standard InChI is InChI=1S/C12H15Br2NO3/c1-7(12(16)18-3)15-6-8-4-9(13)11(17-2)10(14)5-8/h4-5,7,15H,6H2,1-3H3/t7-/m0/s1. The van der Waals surface area contributed by atoms with Gasteiger partial charge in [-0.15, -0.1) is 0 Å². The van der Waals surface area contributed by atoms with E-state index >= 15 is 0 Å². The van der Waals surface area contributed by atoms with Crippen molar-refractivity contribution in [1.29, 1.82) is 0 Å². The summed E-state index contributed by atoms with van der Waals surface area (Å²) in [6.07, 6.45) is 0. The topological polar surface area (TPSA) is 47.6 Å². The molecule has 0 bridgehead atoms. The molecule has 0 amide bonds. The van der Waals surface area contributed by atoms with Crippen LogP contribution >= 0.6 is 31.9 Å². The zero-order chi connectivity index (χ0) is 13.7. The van der Waals surface area contributed by atoms with Crippen molar-refractivity contribution in [3.63, 3.8) is 0 Å². The maximum Gasteiger partial charge on any atom is 0.322 e. The maximum atomic E-state index is 11.2. The lowest BCUT2D eigenvalue weighted by Crippen LogP contribution is -2.34. The van der Waals surface area contributed by atoms with E-state index in [9.17, 15) is 4.79 Å². The number of esters is 1. The van der Waals surface area contributed by atoms with Gasteiger partial charge in [0, 0.05) is 6.54 Å². The molecule has 1 rings (SSSR count). The molecular formula is C12H15Br2NO3. The predicted octanol–water partition coefficient (Wildman–Crippen LogP) is 2.87. The summed E-state index contributed by atoms with van der Waals surface area (Å²) < 4.78 is 11.6. The molecule has 0 aromatic heterocycles. The second-order valence-electron chi connectivity index (χ2n) is 3.72. The summed E-state index contributed by atoms with van der Waals surface area (Å²) in [5.74, 6) is 0.474. The summed E-state index contributed by atoms with van der Waals surface area (Å²) in [4.78, 5) is 11.2. The smallest absolute Gasteiger partial charge is 0.322 e. The van der Waals surface area contributed by atoms with Crippen molar-refractivity contribution >= 4 is 37.8 Å². The molecule has 4 nitrogen and oxygen atoms in total. The molecule has 0 heterocycles. The molecule has 1 atom stereocenters. The van der Waals surface area contributed by atoms with E-state index in [2.05, 4.69) is 41.9 Å². The highest BCUT2D eigenvalue weighted by atomic mass is 79.9. The fraction of sp³-hybridized carbons (Fsp3) is 0.417. The van der Waals surface area contributed by atoms with Crippen LogP contribution in [0.25, 0.3) is 0 Å². The number of rotatable bonds is 5. The molecule has 0 radical (unpaired) electrons. The number of hydrogen-bond acceptors (Lipinski definition) is 4. The van der Waals surface area contributed by atoms with Crippen molar-refractivity contribution in [2.75, 3.05) is 14.2 Å². The third-order valence-electron chi connectivity index (χ3n) is 2.43. The number of methoxy groups -OCH3 is 2. The van der Waals surface area contributed by atoms with E-state index in [0.29, 0.717) is 6.54 Å². The van der Waals surface area contributed by atoms with Gasteiger partial charge in [0.05, 0.1) is 23.2 Å². The van der Waals surface area contributed by atoms with E-state index in [1.54, 1.807) is 14.0 Å². The summed E-state index contributed by atoms with van der Waals surface area (Å²) in [5.41, 5.74) is 1.03. The Hall–Kier alpha value is -0.590. The molecule has 0 saturated carbocycles. The highest BCUT2D eigenvalue weighted by Gasteiger charge is 2.13. The molecule has 0 aliphatic carbocycles. The minimum absolute atomic E-state index is 0.276. The van der Waals surface area contributed by atoms with Crippen molar-refractivity contribution in [1.82, 2.24) is 5.32 Å². The number of carbonyl (C=O) groups is 1. The Morgan fingerprint density at radius 1 is 1.33 bits per heavy atom. The van der Waals surface area contributed by atoms with Crippen molar-refractivity contribution < 1.29 is 14.3 Å². The van der Waals surface area contributed by atoms with Crippen molar-refractivity contribution in [2.24, 2.45) is 0 Å². The summed E-state index contributed by atoms with van der Waals surface area (Å²) in [5, 5.41) is 3.08. The largest absolute Gasteiger partial charge is 0.494 e. The van der Waals surface area contributed by atoms with Gasteiger partial charge in [0.2, 0.25) is 0 Å². The fourth-order valence-electron chi connectivity index (χ4n) is 1.44. The third kappa shape index (κ3) is 3.96. The first kappa shape index (κ1) is 15.5. The molecule has 0 spiro atoms. The Morgan fingerprint density at radius 3 is 2.33 bits per heavy atom. The fourth-order valence-corrected chi connectivity index (χ4v) is 3.05. The van der Waals surface area contributed by atoms with E-state index in [0.717, 1.165) is 20.3 Å². The average Bonchev–Trinajstić information content (AvgIpc) is 2.34. The maximum absolute atomic E-state index is 11.2. The van der Waals surface area contributed by atoms with Crippen molar-refractivity contribution in [3.8, 4) is 5.75 Å². The summed E-state index contributed by atoms with van der Waals surface area (Å²) in [7, 11) is 2.99. The number of nitrogens with one attached hydrogen (secondary N) is 1. The molecule has 0 aliphatic heterocycles. The van der Waals surface area contributed by atoms with Crippen LogP contribution in [-0.2, 0) is 16.1 Å². The molecule has 0 aliphatic rings. The van der Waals surface area contributed by atoms with Gasteiger partial charge in [-0.05, 0) is 56.5 Å². The Bertz CT molecular complexity index is 414. The van der Waals surface area contributed by atoms with Crippen LogP contribution < -0.4 is 10.1 Å². The molecule has 0 fully saturated rings. The zero-order valence-corrected chi connectivity index (χ0v) is 13.6. The van der Waals surface area contributed by atoms with Gasteiger partial charge in [0.25, 0.3) is 0 Å². The number of benzene rings is 1. The van der Waals surface area contributed by atoms with E-state index in [4.69, 9.17) is 4.74 Å². The van der Waals surface area contributed by atoms with Gasteiger partial charge in [0.1, 0.15) is 11.8 Å². The van der Waals surface area contributed by atoms with E-state index in [1.165, 1.54) is 7.11 Å². The molecule has 100 valence electrons. The van der Waals surface area contributed by atoms with Crippen molar-refractivity contribution in [3.05, 3.63) is 26.6 Å². The number of halogens is 2. The molecule has 6 heteroatoms. The van der Waals surface area contributed by atoms with Gasteiger partial charge in [0.15, 0.2) is 0 Å². The monoisotopic (exact) mass is 379 g/mol. The number of ether oxygens (including phenoxy) is 2. The van der Waals surface area contributed by atoms with Crippen LogP contribution in [0.4, 0.5) is 0 Å². The Kier molecular flexibility index (Phi) is 6.11. The predicted molar refractivity (Wildman–Crippen MR) is 76.7 cm³/mol. The lowest BCUT2D eigenvalue weighted by molar-refractivity contribution is -0.142. The van der Waals surface area contributed by atoms with Gasteiger partial charge in [-0.2, -0.15) is 0 Å². The van der Waals surface area contributed by atoms with E-state index in [1.807, 2.05) is 12.1 Å². The summed E-state index contributed by atoms with van der Waals surface area (Å²) in [6.45, 7) is 2.33. The van der Waals surface area contributed by atoms with Crippen molar-refractivity contribution in [2.45, 2.75) is 19.5 Å². The number of hydrogen-bond donors (Lipinski definition) is 1. The van der Waals surface area contributed by atoms with E-state index in [-0.39, 0.29) is 12.0 Å². The minimum atomic E-state index is -0.338. The van der Waals surface area contributed by atoms with Crippen LogP contribution in [0.3, 0.4) is 0 Å². The SMILES string of the molecule is COC(=O)[C@H](C)NCc1cc(Br)c(OC)c(Br)c1. The summed E-state index contributed by atoms with van der Waals surface area (Å²) in [6, 6.07) is 3.55. The Balaban J connectivity index is 2.72. The van der Waals surface area contributed by atoms with E-state index < -0.39 is 0 Å². The molecule has 1 aromatic rings. The Labute approximate surface area is 123 Å². The Morgan fingerprint density at radius 2 is 1.89 bits per heavy atom. The molecule has 1 aromatic carbocycles. The van der Waals surface area contributed by atoms with Gasteiger partial charge < -0.3 is 14.8 Å². The molecule has 18 heavy (non-hydrogen) atoms. The lowest BCUT2D eigenvalue weighted by Gasteiger charge is -2.13. The van der Waals surface area contributed by atoms with Crippen LogP contribution in [0.1, 0.15) is 12.5 Å². The van der Waals surface area contributed by atoms with Gasteiger partial charge in [-0.3, -0.25) is 4.79 Å². The quantitative estimate of drug-likeness (QED) is 0.798. The van der Waals surface area contributed by atoms with Gasteiger partial charge in [-0.1, -0.05) is 0 Å². The molecule has 1 N–H and O–H groups in total. The molecule has 0 saturated heterocycles. The first-order valence-corrected chi connectivity index (χ1v) is 6.91. The third-order valence-corrected chi connectivity index (χ3v) is 3.61. The molecule has 0 unspecified atom stereocenters. The lowest BCUT2D eigenvalue weighted by atomic mass is 10.2. The highest BCUT2D eigenvalue weighted by molar-refractivity contribution is 9.11. The van der Waals surface area contributed by atoms with Crippen LogP contribution in [0.2, 0.25) is 0 Å². The van der Waals surface area contributed by atoms with Crippen LogP contribution in [-0.4, -0.2) is 26.2 Å². The first-order valence-electron chi connectivity index (χ1n) is 5.32. The van der Waals surface area contributed by atoms with Gasteiger partial charge >= 0.3 is 5.97 Å². The normalized spacial score (nSPS) is 12.1. The summed E-state index contributed by atoms with van der Waals surface area (Å²) >= 11 is 6.87.